The molecular weight excluding hydrogens is 1440 g/mol. The number of aromatic hydroxyl groups is 1. The van der Waals surface area contributed by atoms with Crippen molar-refractivity contribution in [3.05, 3.63) is 112 Å². The number of aliphatic hydroxyl groups excluding tert-OH is 1. The molecule has 6 aliphatic rings. The van der Waals surface area contributed by atoms with E-state index in [1.165, 1.54) is 49.2 Å². The summed E-state index contributed by atoms with van der Waals surface area (Å²) < 4.78 is 45.1. The summed E-state index contributed by atoms with van der Waals surface area (Å²) in [6.07, 6.45) is -5.96. The van der Waals surface area contributed by atoms with Crippen LogP contribution in [0.25, 0.3) is 49.3 Å². The van der Waals surface area contributed by atoms with Crippen LogP contribution in [0.2, 0.25) is 0 Å². The van der Waals surface area contributed by atoms with Gasteiger partial charge in [-0.05, 0) is 72.5 Å². The first-order chi connectivity index (χ1) is 49.5. The molecular formula is C66H71N15O17S5. The van der Waals surface area contributed by atoms with E-state index in [1.807, 2.05) is 25.8 Å². The van der Waals surface area contributed by atoms with Crippen LogP contribution in [0.15, 0.2) is 56.9 Å². The van der Waals surface area contributed by atoms with E-state index in [1.54, 1.807) is 22.9 Å². The zero-order valence-electron chi connectivity index (χ0n) is 56.4. The van der Waals surface area contributed by atoms with Crippen LogP contribution in [-0.4, -0.2) is 228 Å². The molecule has 6 aliphatic heterocycles. The lowest BCUT2D eigenvalue weighted by molar-refractivity contribution is -0.268. The molecule has 37 heteroatoms. The van der Waals surface area contributed by atoms with E-state index >= 15 is 19.2 Å². The molecule has 1 unspecified atom stereocenters. The highest BCUT2D eigenvalue weighted by atomic mass is 32.1. The number of cyclic esters (lactones) is 2. The van der Waals surface area contributed by atoms with Crippen LogP contribution in [-0.2, 0) is 56.0 Å². The van der Waals surface area contributed by atoms with Gasteiger partial charge in [0.05, 0.1) is 49.8 Å². The molecule has 3 saturated heterocycles. The highest BCUT2D eigenvalue weighted by Gasteiger charge is 2.54. The van der Waals surface area contributed by atoms with Gasteiger partial charge in [0, 0.05) is 82.6 Å². The number of esters is 2. The Kier molecular flexibility index (Phi) is 20.3. The number of piperazine rings is 1. The predicted octanol–water partition coefficient (Wildman–Crippen LogP) is 4.90. The van der Waals surface area contributed by atoms with E-state index in [9.17, 15) is 29.8 Å². The van der Waals surface area contributed by atoms with Crippen molar-refractivity contribution in [1.29, 1.82) is 0 Å². The van der Waals surface area contributed by atoms with Gasteiger partial charge in [-0.25, -0.2) is 39.5 Å². The number of carbonyl (C=O) groups excluding carboxylic acids is 7. The minimum atomic E-state index is -1.83. The molecule has 103 heavy (non-hydrogen) atoms. The molecule has 0 aliphatic carbocycles. The van der Waals surface area contributed by atoms with Crippen molar-refractivity contribution < 1.29 is 82.1 Å². The predicted molar refractivity (Wildman–Crippen MR) is 373 cm³/mol. The zero-order valence-corrected chi connectivity index (χ0v) is 60.5. The third kappa shape index (κ3) is 14.2. The van der Waals surface area contributed by atoms with E-state index in [-0.39, 0.29) is 118 Å². The maximum Gasteiger partial charge on any atom is 0.358 e. The molecule has 1 aromatic carbocycles. The number of likely N-dealkylation sites (N-methyl/N-ethyl adjacent to an activating group) is 2. The molecule has 5 amide bonds. The molecule has 3 fully saturated rings. The van der Waals surface area contributed by atoms with Gasteiger partial charge < -0.3 is 85.0 Å². The number of ether oxygens (including phenoxy) is 7. The number of aliphatic hydroxyl groups is 1. The maximum atomic E-state index is 15.3. The topological polar surface area (TPSA) is 397 Å². The van der Waals surface area contributed by atoms with Gasteiger partial charge in [-0.15, -0.1) is 56.7 Å². The number of aromatic nitrogens is 7. The largest absolute Gasteiger partial charge is 0.506 e. The van der Waals surface area contributed by atoms with E-state index in [2.05, 4.69) is 58.4 Å². The van der Waals surface area contributed by atoms with Gasteiger partial charge in [-0.3, -0.25) is 28.9 Å². The number of methoxy groups -OCH3 is 1. The molecule has 8 N–H and O–H groups in total. The average molecular weight is 1510 g/mol. The Morgan fingerprint density at radius 1 is 0.825 bits per heavy atom. The number of fused-ring (bicyclic) bond motifs is 16. The van der Waals surface area contributed by atoms with Gasteiger partial charge in [0.25, 0.3) is 23.6 Å². The molecule has 0 radical (unpaired) electrons. The fourth-order valence-corrected chi connectivity index (χ4v) is 17.6. The number of rotatable bonds is 10. The van der Waals surface area contributed by atoms with Gasteiger partial charge in [0.1, 0.15) is 120 Å². The van der Waals surface area contributed by atoms with Crippen molar-refractivity contribution in [2.75, 3.05) is 73.8 Å². The number of thiazole rings is 5. The summed E-state index contributed by atoms with van der Waals surface area (Å²) >= 11 is 4.84. The molecule has 12 bridgehead atoms. The van der Waals surface area contributed by atoms with Crippen molar-refractivity contribution in [2.24, 2.45) is 0 Å². The Morgan fingerprint density at radius 3 is 2.30 bits per heavy atom. The molecule has 14 rings (SSSR count). The zero-order chi connectivity index (χ0) is 72.3. The Balaban J connectivity index is 0.896. The summed E-state index contributed by atoms with van der Waals surface area (Å²) in [5.41, 5.74) is -1.19. The number of nitrogens with one attached hydrogen (secondary N) is 5. The number of nitrogens with zero attached hydrogens (tertiary/aromatic N) is 10. The first-order valence-corrected chi connectivity index (χ1v) is 37.2. The number of benzene rings is 1. The minimum Gasteiger partial charge on any atom is -0.506 e. The second-order valence-corrected chi connectivity index (χ2v) is 30.2. The number of allylic oxidation sites excluding steroid dienone is 1. The standard InChI is InChI=1S/C66H71N15O17S5/c1-29(82)45-58(88)76-46(30(2)92-7)61-72-40(27-101-61)57(87)77-49-51-52(98-43-19-66(4)53(31(3)97-43)79(6)28-96-66)65(90)94-20-32-10-8-11-41-44(32)34(21-93-51)50(81(41)91)64(89)95-22-35(68-55(85)38-26-103-63(49)73-38)60-69-36(23-100-60)47-33(59-70-39(25-99-59)56(86)75-45)18-42(83)48(74-47)62-71-37(24-102-62)54(84)67-12-9-13-80-16-14-78(5)15-17-80/h8,10-11,18,23-27,29,31,35,43,45,49,51-53,82-83,91H,9,12-17,19-22,28H2,1-7H3,(H,67,84)(H,68,85)(H,75,86)(H,76,88)(H,77,87)/b46-30+/t29-,31+,35+,43?,45+,49+,51+,52+,53-,66+/m1/s1. The van der Waals surface area contributed by atoms with Crippen LogP contribution in [0.4, 0.5) is 0 Å². The molecule has 32 nitrogen and oxygen atoms in total. The molecule has 10 atom stereocenters. The van der Waals surface area contributed by atoms with Crippen molar-refractivity contribution in [3.8, 4) is 38.4 Å². The normalized spacial score (nSPS) is 25.5. The fraction of sp³-hybridized carbons (Fsp3) is 0.439. The van der Waals surface area contributed by atoms with Crippen LogP contribution in [0.5, 0.6) is 5.75 Å². The SMILES string of the molecule is CO/C(C)=C1/NC(=O)[C@H]([C@@H](C)O)NC(=O)c2csc(n2)-c2cc(O)c(-c3nc(C(=O)NCCCN4CCN(C)CC4)cs3)nc2-c2csc(n2)[C@@H]2COC(=O)c3c4c5c(cccc5n3O)COC(=O)[C@@H](OC3C[C@]5(C)OCN(C)[C@@H]5[C@H](C)O3)[C@@H](OC4)[C@H](NC(=O)c3csc1n3)c1nc(cs1)C(=O)N2. The van der Waals surface area contributed by atoms with Crippen molar-refractivity contribution in [3.63, 3.8) is 0 Å². The Bertz CT molecular complexity index is 4670. The summed E-state index contributed by atoms with van der Waals surface area (Å²) in [6.45, 7) is 10.2. The van der Waals surface area contributed by atoms with Crippen LogP contribution < -0.4 is 26.6 Å². The number of carbonyl (C=O) groups is 7. The molecule has 0 spiro atoms. The number of pyridine rings is 1. The summed E-state index contributed by atoms with van der Waals surface area (Å²) in [5.74, 6) is -6.41. The highest BCUT2D eigenvalue weighted by molar-refractivity contribution is 7.14. The molecule has 542 valence electrons. The first kappa shape index (κ1) is 71.2. The van der Waals surface area contributed by atoms with Crippen molar-refractivity contribution in [1.82, 2.24) is 75.9 Å². The van der Waals surface area contributed by atoms with Crippen LogP contribution >= 0.6 is 56.7 Å². The smallest absolute Gasteiger partial charge is 0.358 e. The lowest BCUT2D eigenvalue weighted by Crippen LogP contribution is -2.58. The van der Waals surface area contributed by atoms with Crippen LogP contribution in [0.1, 0.15) is 131 Å². The van der Waals surface area contributed by atoms with Gasteiger partial charge in [0.15, 0.2) is 18.1 Å². The summed E-state index contributed by atoms with van der Waals surface area (Å²) in [7, 11) is 5.32. The number of hydrogen-bond acceptors (Lipinski definition) is 31. The monoisotopic (exact) mass is 1510 g/mol. The molecule has 0 saturated carbocycles. The van der Waals surface area contributed by atoms with E-state index in [0.29, 0.717) is 23.3 Å². The van der Waals surface area contributed by atoms with Gasteiger partial charge in [-0.2, -0.15) is 4.73 Å². The average Bonchev–Trinajstić information content (AvgIpc) is 1.66. The third-order valence-corrected chi connectivity index (χ3v) is 23.3. The van der Waals surface area contributed by atoms with Crippen LogP contribution in [0, 0.1) is 0 Å². The lowest BCUT2D eigenvalue weighted by Gasteiger charge is -2.45. The molecule has 13 heterocycles. The van der Waals surface area contributed by atoms with E-state index in [4.69, 9.17) is 48.1 Å². The number of hydrogen-bond donors (Lipinski definition) is 8. The van der Waals surface area contributed by atoms with Gasteiger partial charge >= 0.3 is 11.9 Å². The summed E-state index contributed by atoms with van der Waals surface area (Å²) in [4.78, 5) is 138. The van der Waals surface area contributed by atoms with E-state index < -0.39 is 127 Å². The lowest BCUT2D eigenvalue weighted by atomic mass is 9.86. The van der Waals surface area contributed by atoms with E-state index in [0.717, 1.165) is 89.4 Å². The quantitative estimate of drug-likeness (QED) is 0.0391. The summed E-state index contributed by atoms with van der Waals surface area (Å²) in [5, 5.41) is 57.5. The molecule has 8 aromatic rings. The first-order valence-electron chi connectivity index (χ1n) is 32.8. The second kappa shape index (κ2) is 29.4. The Hall–Kier alpha value is -8.83. The fourth-order valence-electron chi connectivity index (χ4n) is 13.4. The molecule has 7 aromatic heterocycles. The summed E-state index contributed by atoms with van der Waals surface area (Å²) in [6, 6.07) is 1.34. The third-order valence-electron chi connectivity index (χ3n) is 18.8. The van der Waals surface area contributed by atoms with Gasteiger partial charge in [0.2, 0.25) is 5.91 Å². The minimum absolute atomic E-state index is 0.0170. The maximum absolute atomic E-state index is 15.3. The highest BCUT2D eigenvalue weighted by Crippen LogP contribution is 2.44. The number of amides is 5. The van der Waals surface area contributed by atoms with Crippen molar-refractivity contribution in [2.45, 2.75) is 114 Å². The van der Waals surface area contributed by atoms with Crippen molar-refractivity contribution >= 4 is 115 Å². The van der Waals surface area contributed by atoms with Gasteiger partial charge in [-0.1, -0.05) is 12.1 Å². The second-order valence-electron chi connectivity index (χ2n) is 25.8. The Morgan fingerprint density at radius 2 is 1.52 bits per heavy atom. The van der Waals surface area contributed by atoms with Crippen LogP contribution in [0.3, 0.4) is 0 Å². The Labute approximate surface area is 607 Å².